The molecule has 1 saturated carbocycles. The quantitative estimate of drug-likeness (QED) is 0.755. The Labute approximate surface area is 131 Å². The molecule has 1 fully saturated rings. The van der Waals surface area contributed by atoms with Crippen LogP contribution in [-0.2, 0) is 0 Å². The summed E-state index contributed by atoms with van der Waals surface area (Å²) < 4.78 is 19.0. The highest BCUT2D eigenvalue weighted by Crippen LogP contribution is 2.50. The van der Waals surface area contributed by atoms with E-state index in [1.165, 1.54) is 24.8 Å². The number of halogens is 2. The topological polar surface area (TPSA) is 26.3 Å². The van der Waals surface area contributed by atoms with Crippen molar-refractivity contribution < 1.29 is 13.9 Å². The van der Waals surface area contributed by atoms with Crippen molar-refractivity contribution in [3.05, 3.63) is 63.9 Å². The Kier molecular flexibility index (Phi) is 3.81. The van der Waals surface area contributed by atoms with Crippen LogP contribution in [0.2, 0.25) is 0 Å². The number of ether oxygens (including phenoxy) is 1. The van der Waals surface area contributed by atoms with E-state index in [1.54, 1.807) is 0 Å². The van der Waals surface area contributed by atoms with Gasteiger partial charge in [-0.05, 0) is 39.9 Å². The van der Waals surface area contributed by atoms with E-state index in [2.05, 4.69) is 15.9 Å². The van der Waals surface area contributed by atoms with Crippen molar-refractivity contribution in [2.75, 3.05) is 7.11 Å². The molecule has 1 aliphatic rings. The maximum Gasteiger partial charge on any atom is 0.170 e. The van der Waals surface area contributed by atoms with Crippen molar-refractivity contribution in [2.24, 2.45) is 5.92 Å². The number of hydrogen-bond acceptors (Lipinski definition) is 2. The summed E-state index contributed by atoms with van der Waals surface area (Å²) in [6, 6.07) is 12.7. The number of rotatable bonds is 4. The lowest BCUT2D eigenvalue weighted by molar-refractivity contribution is 0.0962. The average molecular weight is 349 g/mol. The molecule has 2 nitrogen and oxygen atoms in total. The van der Waals surface area contributed by atoms with Gasteiger partial charge in [-0.1, -0.05) is 30.3 Å². The minimum absolute atomic E-state index is 0.0152. The normalized spacial score (nSPS) is 20.1. The zero-order valence-corrected chi connectivity index (χ0v) is 13.1. The summed E-state index contributed by atoms with van der Waals surface area (Å²) in [5, 5.41) is 0. The van der Waals surface area contributed by atoms with Gasteiger partial charge >= 0.3 is 0 Å². The van der Waals surface area contributed by atoms with Crippen molar-refractivity contribution >= 4 is 21.7 Å². The maximum atomic E-state index is 13.5. The van der Waals surface area contributed by atoms with Crippen molar-refractivity contribution in [1.29, 1.82) is 0 Å². The molecule has 0 aliphatic heterocycles. The van der Waals surface area contributed by atoms with Gasteiger partial charge in [0, 0.05) is 12.0 Å². The van der Waals surface area contributed by atoms with Crippen LogP contribution in [0.4, 0.5) is 4.39 Å². The zero-order valence-electron chi connectivity index (χ0n) is 11.5. The van der Waals surface area contributed by atoms with Gasteiger partial charge in [-0.2, -0.15) is 0 Å². The second kappa shape index (κ2) is 5.60. The van der Waals surface area contributed by atoms with Gasteiger partial charge in [-0.15, -0.1) is 0 Å². The molecule has 2 aromatic carbocycles. The first kappa shape index (κ1) is 14.3. The van der Waals surface area contributed by atoms with Crippen LogP contribution in [-0.4, -0.2) is 12.9 Å². The standard InChI is InChI=1S/C17H14BrFO2/c1-21-16-9-15(19)14(18)8-13(16)17(20)12-7-11(12)10-5-3-2-4-6-10/h2-6,8-9,11-12H,7H2,1H3. The van der Waals surface area contributed by atoms with Crippen LogP contribution in [0.5, 0.6) is 5.75 Å². The van der Waals surface area contributed by atoms with Gasteiger partial charge in [0.15, 0.2) is 5.78 Å². The fourth-order valence-corrected chi connectivity index (χ4v) is 2.99. The van der Waals surface area contributed by atoms with E-state index in [4.69, 9.17) is 4.74 Å². The monoisotopic (exact) mass is 348 g/mol. The summed E-state index contributed by atoms with van der Waals surface area (Å²) in [6.07, 6.45) is 0.834. The van der Waals surface area contributed by atoms with Crippen LogP contribution in [0.1, 0.15) is 28.3 Å². The van der Waals surface area contributed by atoms with Crippen molar-refractivity contribution in [1.82, 2.24) is 0 Å². The van der Waals surface area contributed by atoms with Gasteiger partial charge in [0.05, 0.1) is 17.1 Å². The smallest absolute Gasteiger partial charge is 0.170 e. The Morgan fingerprint density at radius 3 is 2.67 bits per heavy atom. The SMILES string of the molecule is COc1cc(F)c(Br)cc1C(=O)C1CC1c1ccccc1. The van der Waals surface area contributed by atoms with Gasteiger partial charge < -0.3 is 4.74 Å². The predicted molar refractivity (Wildman–Crippen MR) is 82.3 cm³/mol. The molecule has 108 valence electrons. The van der Waals surface area contributed by atoms with E-state index in [9.17, 15) is 9.18 Å². The molecular formula is C17H14BrFO2. The Balaban J connectivity index is 1.86. The molecule has 2 unspecified atom stereocenters. The largest absolute Gasteiger partial charge is 0.496 e. The summed E-state index contributed by atoms with van der Waals surface area (Å²) in [6.45, 7) is 0. The van der Waals surface area contributed by atoms with Crippen LogP contribution in [0.3, 0.4) is 0 Å². The molecule has 4 heteroatoms. The highest BCUT2D eigenvalue weighted by Gasteiger charge is 2.44. The minimum Gasteiger partial charge on any atom is -0.496 e. The summed E-state index contributed by atoms with van der Waals surface area (Å²) >= 11 is 3.12. The van der Waals surface area contributed by atoms with Crippen LogP contribution >= 0.6 is 15.9 Å². The fraction of sp³-hybridized carbons (Fsp3) is 0.235. The number of Topliss-reactive ketones (excluding diaryl/α,β-unsaturated/α-hetero) is 1. The van der Waals surface area contributed by atoms with Gasteiger partial charge in [0.1, 0.15) is 11.6 Å². The molecule has 0 bridgehead atoms. The van der Waals surface area contributed by atoms with E-state index in [1.807, 2.05) is 30.3 Å². The predicted octanol–water partition coefficient (Wildman–Crippen LogP) is 4.58. The van der Waals surface area contributed by atoms with Gasteiger partial charge in [0.2, 0.25) is 0 Å². The van der Waals surface area contributed by atoms with Gasteiger partial charge in [-0.3, -0.25) is 4.79 Å². The number of carbonyl (C=O) groups excluding carboxylic acids is 1. The molecule has 0 spiro atoms. The first-order valence-electron chi connectivity index (χ1n) is 6.74. The van der Waals surface area contributed by atoms with Gasteiger partial charge in [-0.25, -0.2) is 4.39 Å². The number of benzene rings is 2. The lowest BCUT2D eigenvalue weighted by atomic mass is 10.0. The molecule has 2 atom stereocenters. The maximum absolute atomic E-state index is 13.5. The molecular weight excluding hydrogens is 335 g/mol. The molecule has 0 heterocycles. The van der Waals surface area contributed by atoms with Crippen LogP contribution in [0.15, 0.2) is 46.9 Å². The summed E-state index contributed by atoms with van der Waals surface area (Å²) in [4.78, 5) is 12.6. The zero-order chi connectivity index (χ0) is 15.0. The van der Waals surface area contributed by atoms with E-state index in [0.29, 0.717) is 11.3 Å². The Morgan fingerprint density at radius 2 is 2.00 bits per heavy atom. The third-order valence-electron chi connectivity index (χ3n) is 3.86. The van der Waals surface area contributed by atoms with Crippen LogP contribution in [0, 0.1) is 11.7 Å². The number of methoxy groups -OCH3 is 1. The molecule has 1 aliphatic carbocycles. The number of carbonyl (C=O) groups is 1. The summed E-state index contributed by atoms with van der Waals surface area (Å²) in [7, 11) is 1.45. The summed E-state index contributed by atoms with van der Waals surface area (Å²) in [5.41, 5.74) is 1.62. The highest BCUT2D eigenvalue weighted by atomic mass is 79.9. The van der Waals surface area contributed by atoms with E-state index >= 15 is 0 Å². The molecule has 0 radical (unpaired) electrons. The van der Waals surface area contributed by atoms with Gasteiger partial charge in [0.25, 0.3) is 0 Å². The third kappa shape index (κ3) is 2.72. The first-order chi connectivity index (χ1) is 10.1. The second-order valence-corrected chi connectivity index (χ2v) is 6.04. The first-order valence-corrected chi connectivity index (χ1v) is 7.53. The van der Waals surface area contributed by atoms with Crippen molar-refractivity contribution in [3.8, 4) is 5.75 Å². The Hall–Kier alpha value is -1.68. The minimum atomic E-state index is -0.432. The second-order valence-electron chi connectivity index (χ2n) is 5.19. The van der Waals surface area contributed by atoms with Crippen LogP contribution in [0.25, 0.3) is 0 Å². The molecule has 3 rings (SSSR count). The molecule has 0 saturated heterocycles. The lowest BCUT2D eigenvalue weighted by Gasteiger charge is -2.09. The Bertz CT molecular complexity index is 685. The molecule has 0 aromatic heterocycles. The summed E-state index contributed by atoms with van der Waals surface area (Å²) in [5.74, 6) is 0.0884. The van der Waals surface area contributed by atoms with E-state index in [0.717, 1.165) is 6.42 Å². The van der Waals surface area contributed by atoms with E-state index < -0.39 is 5.82 Å². The number of ketones is 1. The third-order valence-corrected chi connectivity index (χ3v) is 4.47. The molecule has 0 amide bonds. The highest BCUT2D eigenvalue weighted by molar-refractivity contribution is 9.10. The molecule has 2 aromatic rings. The van der Waals surface area contributed by atoms with Crippen molar-refractivity contribution in [2.45, 2.75) is 12.3 Å². The van der Waals surface area contributed by atoms with Crippen LogP contribution < -0.4 is 4.74 Å². The lowest BCUT2D eigenvalue weighted by Crippen LogP contribution is -2.06. The fourth-order valence-electron chi connectivity index (χ4n) is 2.64. The Morgan fingerprint density at radius 1 is 1.29 bits per heavy atom. The molecule has 21 heavy (non-hydrogen) atoms. The molecule has 0 N–H and O–H groups in total. The average Bonchev–Trinajstić information content (AvgIpc) is 3.30. The van der Waals surface area contributed by atoms with E-state index in [-0.39, 0.29) is 22.1 Å². The van der Waals surface area contributed by atoms with Crippen molar-refractivity contribution in [3.63, 3.8) is 0 Å². The number of hydrogen-bond donors (Lipinski definition) is 0.